The van der Waals surface area contributed by atoms with Gasteiger partial charge in [-0.1, -0.05) is 72.8 Å². The number of benzene rings is 4. The van der Waals surface area contributed by atoms with Crippen LogP contribution in [0.15, 0.2) is 108 Å². The predicted molar refractivity (Wildman–Crippen MR) is 298 cm³/mol. The average Bonchev–Trinajstić information content (AvgIpc) is 3.63. The third-order valence-corrected chi connectivity index (χ3v) is 11.9. The molecule has 0 saturated heterocycles. The number of aliphatic carboxylic acids is 1. The van der Waals surface area contributed by atoms with E-state index in [1.165, 1.54) is 19.1 Å². The van der Waals surface area contributed by atoms with Crippen molar-refractivity contribution in [3.63, 3.8) is 0 Å². The lowest BCUT2D eigenvalue weighted by atomic mass is 10.0. The van der Waals surface area contributed by atoms with Crippen LogP contribution in [0.25, 0.3) is 0 Å². The smallest absolute Gasteiger partial charge is 0.475 e. The number of alkyl halides is 3. The quantitative estimate of drug-likeness (QED) is 0.00739. The molecule has 0 radical (unpaired) electrons. The van der Waals surface area contributed by atoms with Crippen LogP contribution in [0.4, 0.5) is 35.9 Å². The van der Waals surface area contributed by atoms with Gasteiger partial charge >= 0.3 is 12.1 Å². The van der Waals surface area contributed by atoms with Gasteiger partial charge in [-0.3, -0.25) is 63.6 Å². The number of nitro benzene ring substituents is 2. The van der Waals surface area contributed by atoms with E-state index in [9.17, 15) is 76.9 Å². The standard InChI is InChI=1S/C50H63N15O13.C2HF3O2/c1-29(58-44(69)33-15-8-9-16-34(33)51)43(68)61-38(25-30-11-4-2-5-12-30)47(72)59-36(17-10-22-57-50(53)54)46(71)62-39(26-31-13-6-3-7-14-31)48(73)63-40(28-66)49(74)60-37(20-21-42(52)67)45(70)56-24-23-55-35-19-18-32(64(75)76)27-41(35)65(77)78;3-2(4,5)1(6)7/h2-9,11-16,18-19,27,29,36-40,55,66H,10,17,20-26,28,51H2,1H3,(H2,52,67)(H,56,70)(H,58,69)(H,59,72)(H,60,74)(H,61,68)(H,62,71)(H,63,73)(H4,53,54,57);(H,6,7)/t29-,36-,37-,38-,39-,40-;/m0./s1. The second-order valence-electron chi connectivity index (χ2n) is 18.3. The predicted octanol–water partition coefficient (Wildman–Crippen LogP) is -0.714. The number of carbonyl (C=O) groups is 9. The summed E-state index contributed by atoms with van der Waals surface area (Å²) in [5.74, 6) is -9.94. The van der Waals surface area contributed by atoms with Gasteiger partial charge in [-0.15, -0.1) is 0 Å². The molecule has 0 spiro atoms. The van der Waals surface area contributed by atoms with Crippen molar-refractivity contribution in [1.29, 1.82) is 0 Å². The molecule has 4 aromatic carbocycles. The van der Waals surface area contributed by atoms with Crippen molar-refractivity contribution in [3.05, 3.63) is 140 Å². The van der Waals surface area contributed by atoms with Gasteiger partial charge < -0.3 is 75.7 Å². The van der Waals surface area contributed by atoms with Crippen molar-refractivity contribution >= 4 is 81.9 Å². The summed E-state index contributed by atoms with van der Waals surface area (Å²) in [4.78, 5) is 142. The van der Waals surface area contributed by atoms with Crippen LogP contribution in [0.2, 0.25) is 0 Å². The summed E-state index contributed by atoms with van der Waals surface area (Å²) in [5, 5.41) is 60.7. The Morgan fingerprint density at radius 2 is 1.11 bits per heavy atom. The van der Waals surface area contributed by atoms with Crippen molar-refractivity contribution in [2.75, 3.05) is 37.3 Å². The van der Waals surface area contributed by atoms with E-state index >= 15 is 0 Å². The van der Waals surface area contributed by atoms with Crippen LogP contribution in [0, 0.1) is 20.2 Å². The van der Waals surface area contributed by atoms with E-state index in [1.54, 1.807) is 72.8 Å². The van der Waals surface area contributed by atoms with Gasteiger partial charge in [0.1, 0.15) is 41.9 Å². The van der Waals surface area contributed by atoms with Crippen LogP contribution in [0.5, 0.6) is 0 Å². The monoisotopic (exact) mass is 1200 g/mol. The second-order valence-corrected chi connectivity index (χ2v) is 18.3. The number of halogens is 3. The maximum atomic E-state index is 14.4. The van der Waals surface area contributed by atoms with E-state index in [-0.39, 0.29) is 74.6 Å². The largest absolute Gasteiger partial charge is 0.490 e. The lowest BCUT2D eigenvalue weighted by molar-refractivity contribution is -0.393. The number of guanidine groups is 1. The van der Waals surface area contributed by atoms with Gasteiger partial charge in [0, 0.05) is 50.7 Å². The number of non-ortho nitro benzene ring substituents is 1. The molecule has 6 atom stereocenters. The number of carboxylic acids is 1. The number of rotatable bonds is 31. The molecule has 18 N–H and O–H groups in total. The Hall–Kier alpha value is -10.5. The Bertz CT molecular complexity index is 3030. The molecule has 0 aromatic heterocycles. The summed E-state index contributed by atoms with van der Waals surface area (Å²) >= 11 is 0. The van der Waals surface area contributed by atoms with E-state index in [2.05, 4.69) is 47.5 Å². The fraction of sp³-hybridized carbons (Fsp3) is 0.346. The van der Waals surface area contributed by atoms with Crippen LogP contribution in [0.1, 0.15) is 54.1 Å². The van der Waals surface area contributed by atoms with Crippen molar-refractivity contribution < 1.29 is 76.4 Å². The molecule has 4 aromatic rings. The zero-order chi connectivity index (χ0) is 63.4. The highest BCUT2D eigenvalue weighted by molar-refractivity contribution is 6.02. The first-order valence-electron chi connectivity index (χ1n) is 25.6. The summed E-state index contributed by atoms with van der Waals surface area (Å²) in [6.07, 6.45) is -6.11. The highest BCUT2D eigenvalue weighted by Gasteiger charge is 2.38. The summed E-state index contributed by atoms with van der Waals surface area (Å²) in [6, 6.07) is 17.4. The summed E-state index contributed by atoms with van der Waals surface area (Å²) < 4.78 is 31.7. The minimum absolute atomic E-state index is 0.0127. The molecular weight excluding hydrogens is 1130 g/mol. The number of aliphatic hydroxyl groups excluding tert-OH is 1. The molecule has 458 valence electrons. The number of nitrogens with one attached hydrogen (secondary N) is 8. The molecule has 0 aliphatic carbocycles. The van der Waals surface area contributed by atoms with E-state index < -0.39 is 130 Å². The Morgan fingerprint density at radius 3 is 1.60 bits per heavy atom. The average molecular weight is 1200 g/mol. The number of hydrogen-bond acceptors (Lipinski definition) is 17. The number of amides is 8. The third-order valence-electron chi connectivity index (χ3n) is 11.9. The van der Waals surface area contributed by atoms with Crippen LogP contribution in [-0.4, -0.2) is 148 Å². The number of hydrogen-bond donors (Lipinski definition) is 14. The lowest BCUT2D eigenvalue weighted by Crippen LogP contribution is -2.60. The number of carboxylic acid groups (broad SMARTS) is 1. The molecule has 0 aliphatic rings. The normalized spacial score (nSPS) is 12.9. The van der Waals surface area contributed by atoms with Gasteiger partial charge in [-0.2, -0.15) is 13.2 Å². The van der Waals surface area contributed by atoms with Gasteiger partial charge in [0.2, 0.25) is 41.4 Å². The lowest BCUT2D eigenvalue weighted by Gasteiger charge is -2.27. The van der Waals surface area contributed by atoms with Gasteiger partial charge in [0.25, 0.3) is 17.3 Å². The van der Waals surface area contributed by atoms with Crippen molar-refractivity contribution in [2.24, 2.45) is 22.2 Å². The molecular formula is C52H64F3N15O15. The van der Waals surface area contributed by atoms with Crippen LogP contribution in [-0.2, 0) is 51.2 Å². The topological polar surface area (TPSA) is 493 Å². The molecule has 4 rings (SSSR count). The number of nitrogen functional groups attached to an aromatic ring is 1. The van der Waals surface area contributed by atoms with Crippen LogP contribution in [0.3, 0.4) is 0 Å². The highest BCUT2D eigenvalue weighted by atomic mass is 19.4. The number of aliphatic imine (C=N–C) groups is 1. The summed E-state index contributed by atoms with van der Waals surface area (Å²) in [6.45, 7) is 0.00729. The number of carbonyl (C=O) groups excluding carboxylic acids is 8. The maximum absolute atomic E-state index is 14.4. The first kappa shape index (κ1) is 68.8. The Kier molecular flexibility index (Phi) is 27.6. The summed E-state index contributed by atoms with van der Waals surface area (Å²) in [7, 11) is 0. The zero-order valence-corrected chi connectivity index (χ0v) is 45.3. The van der Waals surface area contributed by atoms with Gasteiger partial charge in [-0.05, 0) is 55.5 Å². The van der Waals surface area contributed by atoms with Gasteiger partial charge in [-0.25, -0.2) is 4.79 Å². The molecule has 30 nitrogen and oxygen atoms in total. The Labute approximate surface area is 481 Å². The molecule has 0 unspecified atom stereocenters. The number of primary amides is 1. The molecule has 0 aliphatic heterocycles. The van der Waals surface area contributed by atoms with Gasteiger partial charge in [0.15, 0.2) is 5.96 Å². The van der Waals surface area contributed by atoms with E-state index in [1.807, 2.05) is 0 Å². The molecule has 33 heteroatoms. The minimum atomic E-state index is -5.08. The fourth-order valence-electron chi connectivity index (χ4n) is 7.51. The number of nitrogens with zero attached hydrogens (tertiary/aromatic N) is 3. The zero-order valence-electron chi connectivity index (χ0n) is 45.3. The first-order chi connectivity index (χ1) is 40.1. The number of aliphatic hydroxyl groups is 1. The van der Waals surface area contributed by atoms with Crippen LogP contribution < -0.4 is 65.5 Å². The van der Waals surface area contributed by atoms with E-state index in [0.717, 1.165) is 18.2 Å². The Morgan fingerprint density at radius 1 is 0.624 bits per heavy atom. The third kappa shape index (κ3) is 24.3. The number of para-hydroxylation sites is 1. The second kappa shape index (κ2) is 34.1. The molecule has 8 amide bonds. The molecule has 0 saturated carbocycles. The number of nitro groups is 2. The van der Waals surface area contributed by atoms with Crippen molar-refractivity contribution in [3.8, 4) is 0 Å². The first-order valence-corrected chi connectivity index (χ1v) is 25.6. The molecule has 85 heavy (non-hydrogen) atoms. The number of anilines is 2. The van der Waals surface area contributed by atoms with Crippen LogP contribution >= 0.6 is 0 Å². The van der Waals surface area contributed by atoms with E-state index in [4.69, 9.17) is 32.8 Å². The molecule has 0 heterocycles. The minimum Gasteiger partial charge on any atom is -0.475 e. The maximum Gasteiger partial charge on any atom is 0.490 e. The SMILES string of the molecule is C[C@H](NC(=O)c1ccccc1N)C(=O)N[C@@H](Cc1ccccc1)C(=O)N[C@@H](CCCN=C(N)N)C(=O)N[C@@H](Cc1ccccc1)C(=O)N[C@@H](CO)C(=O)N[C@@H](CCC(N)=O)C(=O)NCCNc1ccc([N+](=O)[O-])cc1[N+](=O)[O-].O=C(O)C(F)(F)F. The molecule has 0 bridgehead atoms. The highest BCUT2D eigenvalue weighted by Crippen LogP contribution is 2.28. The van der Waals surface area contributed by atoms with Crippen molar-refractivity contribution in [1.82, 2.24) is 37.2 Å². The fourth-order valence-corrected chi connectivity index (χ4v) is 7.51. The summed E-state index contributed by atoms with van der Waals surface area (Å²) in [5.41, 5.74) is 22.5. The van der Waals surface area contributed by atoms with Crippen molar-refractivity contribution in [2.45, 2.75) is 87.9 Å². The Balaban J connectivity index is 0.00000253. The molecule has 0 fully saturated rings. The van der Waals surface area contributed by atoms with E-state index in [0.29, 0.717) is 11.1 Å². The number of nitrogens with two attached hydrogens (primary N) is 4. The van der Waals surface area contributed by atoms with Gasteiger partial charge in [0.05, 0.1) is 28.1 Å².